The predicted octanol–water partition coefficient (Wildman–Crippen LogP) is 1.79. The molecule has 0 spiro atoms. The second-order valence-electron chi connectivity index (χ2n) is 6.89. The summed E-state index contributed by atoms with van der Waals surface area (Å²) in [6.45, 7) is 12.5. The molecule has 1 rings (SSSR count). The van der Waals surface area contributed by atoms with E-state index in [1.54, 1.807) is 13.2 Å². The first kappa shape index (κ1) is 25.1. The number of para-hydroxylation sites is 1. The van der Waals surface area contributed by atoms with Gasteiger partial charge in [-0.3, -0.25) is 14.6 Å². The van der Waals surface area contributed by atoms with Crippen LogP contribution < -0.4 is 16.4 Å². The molecule has 8 heteroatoms. The number of methoxy groups -OCH3 is 1. The van der Waals surface area contributed by atoms with Gasteiger partial charge in [-0.1, -0.05) is 45.2 Å². The van der Waals surface area contributed by atoms with E-state index < -0.39 is 11.9 Å². The molecule has 4 N–H and O–H groups in total. The molecule has 0 bridgehead atoms. The highest BCUT2D eigenvalue weighted by Gasteiger charge is 2.20. The Kier molecular flexibility index (Phi) is 11.1. The molecular weight excluding hydrogens is 384 g/mol. The number of carbonyl (C=O) groups is 2. The molecule has 0 fully saturated rings. The number of nitrogens with two attached hydrogens (primary N) is 1. The number of hydrogen-bond donors (Lipinski definition) is 3. The van der Waals surface area contributed by atoms with Gasteiger partial charge >= 0.3 is 0 Å². The molecule has 164 valence electrons. The molecule has 0 aromatic heterocycles. The second kappa shape index (κ2) is 13.3. The number of aliphatic imine (C=N–C) groups is 1. The van der Waals surface area contributed by atoms with E-state index in [1.807, 2.05) is 38.1 Å². The average molecular weight is 417 g/mol. The molecule has 0 aliphatic rings. The van der Waals surface area contributed by atoms with Gasteiger partial charge in [0.1, 0.15) is 12.6 Å². The van der Waals surface area contributed by atoms with Crippen LogP contribution >= 0.6 is 0 Å². The molecule has 30 heavy (non-hydrogen) atoms. The Bertz CT molecular complexity index is 774. The number of primary amides is 1. The van der Waals surface area contributed by atoms with Crippen molar-refractivity contribution in [3.05, 3.63) is 49.1 Å². The molecule has 2 amide bonds. The van der Waals surface area contributed by atoms with E-state index in [-0.39, 0.29) is 25.0 Å². The van der Waals surface area contributed by atoms with Crippen LogP contribution in [0.25, 0.3) is 5.70 Å². The van der Waals surface area contributed by atoms with Crippen molar-refractivity contribution < 1.29 is 19.1 Å². The summed E-state index contributed by atoms with van der Waals surface area (Å²) in [6, 6.07) is 6.80. The Hall–Kier alpha value is -2.97. The number of nitrogens with zero attached hydrogens (tertiary/aromatic N) is 1. The van der Waals surface area contributed by atoms with Crippen molar-refractivity contribution in [2.24, 2.45) is 16.6 Å². The van der Waals surface area contributed by atoms with Crippen LogP contribution in [0.3, 0.4) is 0 Å². The minimum absolute atomic E-state index is 0.0000280. The lowest BCUT2D eigenvalue weighted by Crippen LogP contribution is -2.43. The van der Waals surface area contributed by atoms with Crippen molar-refractivity contribution in [2.45, 2.75) is 19.9 Å². The van der Waals surface area contributed by atoms with E-state index in [0.29, 0.717) is 30.3 Å². The van der Waals surface area contributed by atoms with Crippen LogP contribution in [0.15, 0.2) is 48.5 Å². The SMILES string of the molecule is C=C/C(CNC(=O)COCCOC)=N\c1ccccc1C(=C)N[C@H](C(N)=O)C(C)C. The second-order valence-corrected chi connectivity index (χ2v) is 6.89. The highest BCUT2D eigenvalue weighted by molar-refractivity contribution is 6.00. The van der Waals surface area contributed by atoms with Gasteiger partial charge in [-0.2, -0.15) is 0 Å². The van der Waals surface area contributed by atoms with Crippen LogP contribution in [-0.2, 0) is 19.1 Å². The molecular formula is C22H32N4O4. The summed E-state index contributed by atoms with van der Waals surface area (Å²) in [6.07, 6.45) is 1.57. The first-order valence-corrected chi connectivity index (χ1v) is 9.67. The zero-order chi connectivity index (χ0) is 22.5. The fourth-order valence-electron chi connectivity index (χ4n) is 2.52. The minimum Gasteiger partial charge on any atom is -0.382 e. The van der Waals surface area contributed by atoms with Gasteiger partial charge in [0.05, 0.1) is 31.2 Å². The quantitative estimate of drug-likeness (QED) is 0.316. The van der Waals surface area contributed by atoms with Crippen molar-refractivity contribution in [3.8, 4) is 0 Å². The third-order valence-electron chi connectivity index (χ3n) is 4.16. The van der Waals surface area contributed by atoms with Gasteiger partial charge in [0, 0.05) is 18.4 Å². The summed E-state index contributed by atoms with van der Waals surface area (Å²) >= 11 is 0. The highest BCUT2D eigenvalue weighted by Crippen LogP contribution is 2.25. The minimum atomic E-state index is -0.550. The third kappa shape index (κ3) is 8.59. The van der Waals surface area contributed by atoms with Crippen molar-refractivity contribution >= 4 is 28.9 Å². The molecule has 1 aromatic rings. The number of nitrogens with one attached hydrogen (secondary N) is 2. The van der Waals surface area contributed by atoms with E-state index in [9.17, 15) is 9.59 Å². The number of ether oxygens (including phenoxy) is 2. The van der Waals surface area contributed by atoms with Gasteiger partial charge in [-0.25, -0.2) is 0 Å². The predicted molar refractivity (Wildman–Crippen MR) is 119 cm³/mol. The summed E-state index contributed by atoms with van der Waals surface area (Å²) in [4.78, 5) is 28.1. The maximum Gasteiger partial charge on any atom is 0.246 e. The van der Waals surface area contributed by atoms with Crippen molar-refractivity contribution in [3.63, 3.8) is 0 Å². The summed E-state index contributed by atoms with van der Waals surface area (Å²) < 4.78 is 10.0. The first-order chi connectivity index (χ1) is 14.3. The summed E-state index contributed by atoms with van der Waals surface area (Å²) in [7, 11) is 1.56. The maximum absolute atomic E-state index is 11.9. The summed E-state index contributed by atoms with van der Waals surface area (Å²) in [5.41, 5.74) is 7.93. The summed E-state index contributed by atoms with van der Waals surface area (Å²) in [5, 5.41) is 5.82. The Balaban J connectivity index is 2.86. The monoisotopic (exact) mass is 416 g/mol. The maximum atomic E-state index is 11.9. The lowest BCUT2D eigenvalue weighted by atomic mass is 10.0. The molecule has 0 unspecified atom stereocenters. The van der Waals surface area contributed by atoms with Crippen LogP contribution in [0.1, 0.15) is 19.4 Å². The standard InChI is InChI=1S/C22H32N4O4/c1-6-17(13-24-20(27)14-30-12-11-29-5)26-19-10-8-7-9-18(19)16(4)25-21(15(2)3)22(23)28/h6-10,15,21,25H,1,4,11-14H2,2-3,5H3,(H2,23,28)(H,24,27)/b26-17+/t21-/m0/s1. The van der Waals surface area contributed by atoms with E-state index in [0.717, 1.165) is 5.56 Å². The van der Waals surface area contributed by atoms with Crippen molar-refractivity contribution in [1.29, 1.82) is 0 Å². The van der Waals surface area contributed by atoms with Crippen LogP contribution in [0, 0.1) is 5.92 Å². The molecule has 0 saturated carbocycles. The third-order valence-corrected chi connectivity index (χ3v) is 4.16. The number of hydrogen-bond acceptors (Lipinski definition) is 6. The largest absolute Gasteiger partial charge is 0.382 e. The number of rotatable bonds is 14. The fourth-order valence-corrected chi connectivity index (χ4v) is 2.52. The number of carbonyl (C=O) groups excluding carboxylic acids is 2. The van der Waals surface area contributed by atoms with E-state index in [2.05, 4.69) is 28.8 Å². The van der Waals surface area contributed by atoms with Crippen LogP contribution in [0.2, 0.25) is 0 Å². The molecule has 0 radical (unpaired) electrons. The Morgan fingerprint density at radius 2 is 1.97 bits per heavy atom. The lowest BCUT2D eigenvalue weighted by molar-refractivity contribution is -0.125. The average Bonchev–Trinajstić information content (AvgIpc) is 2.72. The summed E-state index contributed by atoms with van der Waals surface area (Å²) in [5.74, 6) is -0.712. The van der Waals surface area contributed by atoms with Crippen molar-refractivity contribution in [1.82, 2.24) is 10.6 Å². The van der Waals surface area contributed by atoms with Gasteiger partial charge in [0.25, 0.3) is 0 Å². The fraction of sp³-hybridized carbons (Fsp3) is 0.409. The van der Waals surface area contributed by atoms with Gasteiger partial charge in [0.2, 0.25) is 11.8 Å². The molecule has 0 aliphatic carbocycles. The Morgan fingerprint density at radius 1 is 1.27 bits per heavy atom. The smallest absolute Gasteiger partial charge is 0.246 e. The van der Waals surface area contributed by atoms with E-state index >= 15 is 0 Å². The topological polar surface area (TPSA) is 115 Å². The number of benzene rings is 1. The van der Waals surface area contributed by atoms with Gasteiger partial charge < -0.3 is 25.8 Å². The molecule has 1 aromatic carbocycles. The molecule has 0 aliphatic heterocycles. The number of amides is 2. The van der Waals surface area contributed by atoms with Gasteiger partial charge in [-0.15, -0.1) is 0 Å². The lowest BCUT2D eigenvalue weighted by Gasteiger charge is -2.22. The van der Waals surface area contributed by atoms with Crippen LogP contribution in [0.5, 0.6) is 0 Å². The molecule has 0 heterocycles. The zero-order valence-electron chi connectivity index (χ0n) is 17.9. The van der Waals surface area contributed by atoms with Crippen molar-refractivity contribution in [2.75, 3.05) is 33.5 Å². The molecule has 8 nitrogen and oxygen atoms in total. The van der Waals surface area contributed by atoms with Crippen LogP contribution in [-0.4, -0.2) is 57.0 Å². The van der Waals surface area contributed by atoms with Gasteiger partial charge in [-0.05, 0) is 18.1 Å². The van der Waals surface area contributed by atoms with Gasteiger partial charge in [0.15, 0.2) is 0 Å². The first-order valence-electron chi connectivity index (χ1n) is 9.67. The van der Waals surface area contributed by atoms with Crippen LogP contribution in [0.4, 0.5) is 5.69 Å². The molecule has 1 atom stereocenters. The zero-order valence-corrected chi connectivity index (χ0v) is 17.9. The highest BCUT2D eigenvalue weighted by atomic mass is 16.5. The molecule has 0 saturated heterocycles. The Labute approximate surface area is 178 Å². The Morgan fingerprint density at radius 3 is 2.57 bits per heavy atom. The van der Waals surface area contributed by atoms with E-state index in [1.165, 1.54) is 0 Å². The normalized spacial score (nSPS) is 12.3. The van der Waals surface area contributed by atoms with E-state index in [4.69, 9.17) is 15.2 Å².